The van der Waals surface area contributed by atoms with Gasteiger partial charge in [0.25, 0.3) is 5.91 Å². The highest BCUT2D eigenvalue weighted by Crippen LogP contribution is 2.19. The first-order valence-corrected chi connectivity index (χ1v) is 7.03. The molecule has 3 N–H and O–H groups in total. The summed E-state index contributed by atoms with van der Waals surface area (Å²) >= 11 is 5.82. The summed E-state index contributed by atoms with van der Waals surface area (Å²) < 4.78 is 0. The predicted octanol–water partition coefficient (Wildman–Crippen LogP) is 2.77. The van der Waals surface area contributed by atoms with Gasteiger partial charge in [0.05, 0.1) is 6.21 Å². The first-order chi connectivity index (χ1) is 11.0. The normalized spacial score (nSPS) is 10.5. The molecule has 23 heavy (non-hydrogen) atoms. The number of amides is 2. The molecule has 0 heterocycles. The van der Waals surface area contributed by atoms with Crippen LogP contribution in [0.3, 0.4) is 0 Å². The minimum Gasteiger partial charge on any atom is -0.507 e. The Bertz CT molecular complexity index is 775. The van der Waals surface area contributed by atoms with Crippen LogP contribution in [0.2, 0.25) is 5.02 Å². The van der Waals surface area contributed by atoms with Crippen LogP contribution in [0.5, 0.6) is 5.75 Å². The number of anilines is 1. The number of rotatable bonds is 4. The fourth-order valence-corrected chi connectivity index (χ4v) is 1.98. The second-order valence-corrected chi connectivity index (χ2v) is 5.10. The number of hydrogen-bond donors (Lipinski definition) is 3. The van der Waals surface area contributed by atoms with Crippen molar-refractivity contribution in [3.63, 3.8) is 0 Å². The molecule has 2 aromatic carbocycles. The quantitative estimate of drug-likeness (QED) is 0.594. The third-order valence-electron chi connectivity index (χ3n) is 2.80. The van der Waals surface area contributed by atoms with Crippen molar-refractivity contribution in [2.75, 3.05) is 5.32 Å². The molecule has 2 rings (SSSR count). The summed E-state index contributed by atoms with van der Waals surface area (Å²) in [6, 6.07) is 10.9. The molecule has 0 saturated heterocycles. The molecule has 118 valence electrons. The molecule has 7 heteroatoms. The van der Waals surface area contributed by atoms with Gasteiger partial charge >= 0.3 is 0 Å². The lowest BCUT2D eigenvalue weighted by Crippen LogP contribution is -2.18. The van der Waals surface area contributed by atoms with Crippen LogP contribution in [0.1, 0.15) is 22.8 Å². The van der Waals surface area contributed by atoms with Crippen molar-refractivity contribution < 1.29 is 14.7 Å². The molecule has 0 aromatic heterocycles. The highest BCUT2D eigenvalue weighted by atomic mass is 35.5. The topological polar surface area (TPSA) is 90.8 Å². The van der Waals surface area contributed by atoms with E-state index in [-0.39, 0.29) is 11.7 Å². The number of nitrogens with zero attached hydrogens (tertiary/aromatic N) is 1. The van der Waals surface area contributed by atoms with Crippen molar-refractivity contribution in [1.82, 2.24) is 5.43 Å². The van der Waals surface area contributed by atoms with Crippen molar-refractivity contribution in [3.05, 3.63) is 58.6 Å². The third-order valence-corrected chi connectivity index (χ3v) is 3.04. The minimum absolute atomic E-state index is 0.0000505. The fraction of sp³-hybridized carbons (Fsp3) is 0.0625. The molecule has 2 aromatic rings. The van der Waals surface area contributed by atoms with Gasteiger partial charge in [-0.3, -0.25) is 9.59 Å². The summed E-state index contributed by atoms with van der Waals surface area (Å²) in [4.78, 5) is 23.0. The lowest BCUT2D eigenvalue weighted by Gasteiger charge is -2.04. The number of carbonyl (C=O) groups excluding carboxylic acids is 2. The van der Waals surface area contributed by atoms with Crippen molar-refractivity contribution >= 4 is 35.3 Å². The fourth-order valence-electron chi connectivity index (χ4n) is 1.80. The van der Waals surface area contributed by atoms with Gasteiger partial charge in [0.15, 0.2) is 0 Å². The van der Waals surface area contributed by atoms with Gasteiger partial charge in [-0.15, -0.1) is 0 Å². The molecule has 6 nitrogen and oxygen atoms in total. The summed E-state index contributed by atoms with van der Waals surface area (Å²) in [7, 11) is 0. The van der Waals surface area contributed by atoms with Gasteiger partial charge in [-0.2, -0.15) is 5.10 Å². The second-order valence-electron chi connectivity index (χ2n) is 4.66. The zero-order valence-corrected chi connectivity index (χ0v) is 13.0. The molecule has 0 fully saturated rings. The molecular formula is C16H14ClN3O3. The van der Waals surface area contributed by atoms with E-state index in [9.17, 15) is 14.7 Å². The molecule has 0 aliphatic carbocycles. The largest absolute Gasteiger partial charge is 0.507 e. The maximum absolute atomic E-state index is 12.0. The van der Waals surface area contributed by atoms with E-state index >= 15 is 0 Å². The van der Waals surface area contributed by atoms with E-state index in [1.165, 1.54) is 31.3 Å². The van der Waals surface area contributed by atoms with Gasteiger partial charge in [-0.25, -0.2) is 5.43 Å². The van der Waals surface area contributed by atoms with Crippen LogP contribution in [-0.4, -0.2) is 23.1 Å². The molecule has 0 saturated carbocycles. The number of phenols is 1. The van der Waals surface area contributed by atoms with E-state index in [0.29, 0.717) is 21.8 Å². The SMILES string of the molecule is CC(=O)Nc1cccc(C(=O)N/N=C\c2cc(Cl)ccc2O)c1. The number of nitrogens with one attached hydrogen (secondary N) is 2. The minimum atomic E-state index is -0.449. The zero-order valence-electron chi connectivity index (χ0n) is 12.2. The highest BCUT2D eigenvalue weighted by Gasteiger charge is 2.06. The predicted molar refractivity (Wildman–Crippen MR) is 88.9 cm³/mol. The van der Waals surface area contributed by atoms with Gasteiger partial charge in [0, 0.05) is 28.8 Å². The second kappa shape index (κ2) is 7.42. The number of hydrazone groups is 1. The molecule has 0 unspecified atom stereocenters. The number of benzene rings is 2. The Morgan fingerprint density at radius 1 is 1.22 bits per heavy atom. The number of phenolic OH excluding ortho intramolecular Hbond substituents is 1. The Balaban J connectivity index is 2.06. The van der Waals surface area contributed by atoms with Gasteiger partial charge in [-0.1, -0.05) is 17.7 Å². The Kier molecular flexibility index (Phi) is 5.32. The summed E-state index contributed by atoms with van der Waals surface area (Å²) in [6.07, 6.45) is 1.29. The standard InChI is InChI=1S/C16H14ClN3O3/c1-10(21)19-14-4-2-3-11(8-14)16(23)20-18-9-12-7-13(17)5-6-15(12)22/h2-9,22H,1H3,(H,19,21)(H,20,23)/b18-9-. The van der Waals surface area contributed by atoms with Crippen LogP contribution in [0.25, 0.3) is 0 Å². The average molecular weight is 332 g/mol. The van der Waals surface area contributed by atoms with Gasteiger partial charge in [0.2, 0.25) is 5.91 Å². The maximum Gasteiger partial charge on any atom is 0.271 e. The summed E-state index contributed by atoms with van der Waals surface area (Å²) in [5.41, 5.74) is 3.57. The van der Waals surface area contributed by atoms with Gasteiger partial charge in [0.1, 0.15) is 5.75 Å². The number of carbonyl (C=O) groups is 2. The van der Waals surface area contributed by atoms with E-state index in [2.05, 4.69) is 15.8 Å². The third kappa shape index (κ3) is 4.82. The van der Waals surface area contributed by atoms with Gasteiger partial charge in [-0.05, 0) is 36.4 Å². The van der Waals surface area contributed by atoms with Crippen LogP contribution in [0.15, 0.2) is 47.6 Å². The van der Waals surface area contributed by atoms with Crippen LogP contribution in [0.4, 0.5) is 5.69 Å². The van der Waals surface area contributed by atoms with E-state index in [4.69, 9.17) is 11.6 Å². The maximum atomic E-state index is 12.0. The summed E-state index contributed by atoms with van der Waals surface area (Å²) in [5.74, 6) is -0.674. The lowest BCUT2D eigenvalue weighted by atomic mass is 10.2. The van der Waals surface area contributed by atoms with Crippen molar-refractivity contribution in [3.8, 4) is 5.75 Å². The Hall–Kier alpha value is -2.86. The Morgan fingerprint density at radius 2 is 2.00 bits per heavy atom. The lowest BCUT2D eigenvalue weighted by molar-refractivity contribution is -0.114. The summed E-state index contributed by atoms with van der Waals surface area (Å²) in [5, 5.41) is 16.4. The molecule has 0 aliphatic heterocycles. The van der Waals surface area contributed by atoms with E-state index in [1.807, 2.05) is 0 Å². The van der Waals surface area contributed by atoms with E-state index in [1.54, 1.807) is 24.3 Å². The van der Waals surface area contributed by atoms with Crippen LogP contribution in [-0.2, 0) is 4.79 Å². The molecule has 0 aliphatic rings. The molecule has 0 spiro atoms. The monoisotopic (exact) mass is 331 g/mol. The number of aromatic hydroxyl groups is 1. The number of hydrogen-bond acceptors (Lipinski definition) is 4. The van der Waals surface area contributed by atoms with E-state index < -0.39 is 5.91 Å². The van der Waals surface area contributed by atoms with E-state index in [0.717, 1.165) is 0 Å². The Labute approximate surface area is 137 Å². The average Bonchev–Trinajstić information content (AvgIpc) is 2.50. The highest BCUT2D eigenvalue weighted by molar-refractivity contribution is 6.30. The first-order valence-electron chi connectivity index (χ1n) is 6.65. The van der Waals surface area contributed by atoms with Crippen LogP contribution in [0, 0.1) is 0 Å². The molecule has 2 amide bonds. The zero-order chi connectivity index (χ0) is 16.8. The smallest absolute Gasteiger partial charge is 0.271 e. The van der Waals surface area contributed by atoms with Crippen LogP contribution < -0.4 is 10.7 Å². The van der Waals surface area contributed by atoms with Gasteiger partial charge < -0.3 is 10.4 Å². The summed E-state index contributed by atoms with van der Waals surface area (Å²) in [6.45, 7) is 1.38. The van der Waals surface area contributed by atoms with Crippen molar-refractivity contribution in [2.24, 2.45) is 5.10 Å². The Morgan fingerprint density at radius 3 is 2.74 bits per heavy atom. The molecular weight excluding hydrogens is 318 g/mol. The number of halogens is 1. The molecule has 0 bridgehead atoms. The van der Waals surface area contributed by atoms with Crippen LogP contribution >= 0.6 is 11.6 Å². The molecule has 0 radical (unpaired) electrons. The molecule has 0 atom stereocenters. The van der Waals surface area contributed by atoms with Crippen molar-refractivity contribution in [1.29, 1.82) is 0 Å². The first kappa shape index (κ1) is 16.5. The van der Waals surface area contributed by atoms with Crippen molar-refractivity contribution in [2.45, 2.75) is 6.92 Å².